The molecule has 4 heteroatoms. The van der Waals surface area contributed by atoms with Gasteiger partial charge in [-0.2, -0.15) is 0 Å². The Bertz CT molecular complexity index is 444. The lowest BCUT2D eigenvalue weighted by molar-refractivity contribution is -0.123. The van der Waals surface area contributed by atoms with Crippen molar-refractivity contribution in [2.45, 2.75) is 57.7 Å². The molecule has 1 amide bonds. The lowest BCUT2D eigenvalue weighted by Crippen LogP contribution is -2.46. The highest BCUT2D eigenvalue weighted by atomic mass is 35.5. The van der Waals surface area contributed by atoms with Crippen LogP contribution in [0.15, 0.2) is 24.3 Å². The first-order chi connectivity index (χ1) is 9.66. The van der Waals surface area contributed by atoms with Crippen molar-refractivity contribution in [1.29, 1.82) is 0 Å². The van der Waals surface area contributed by atoms with Gasteiger partial charge in [0.15, 0.2) is 0 Å². The fourth-order valence-electron chi connectivity index (χ4n) is 2.57. The van der Waals surface area contributed by atoms with Crippen LogP contribution in [0.1, 0.15) is 44.6 Å². The van der Waals surface area contributed by atoms with Crippen LogP contribution in [0.5, 0.6) is 0 Å². The average Bonchev–Trinajstić information content (AvgIpc) is 2.47. The third-order valence-electron chi connectivity index (χ3n) is 3.90. The molecule has 110 valence electrons. The average molecular weight is 295 g/mol. The maximum Gasteiger partial charge on any atom is 0.237 e. The smallest absolute Gasteiger partial charge is 0.237 e. The van der Waals surface area contributed by atoms with E-state index in [4.69, 9.17) is 11.6 Å². The minimum Gasteiger partial charge on any atom is -0.352 e. The number of carbonyl (C=O) groups excluding carboxylic acids is 1. The summed E-state index contributed by atoms with van der Waals surface area (Å²) >= 11 is 6.10. The highest BCUT2D eigenvalue weighted by Gasteiger charge is 2.19. The lowest BCUT2D eigenvalue weighted by Gasteiger charge is -2.24. The molecule has 0 aliphatic heterocycles. The van der Waals surface area contributed by atoms with E-state index in [1.54, 1.807) is 0 Å². The Labute approximate surface area is 126 Å². The minimum absolute atomic E-state index is 0.0870. The van der Waals surface area contributed by atoms with Gasteiger partial charge < -0.3 is 10.6 Å². The van der Waals surface area contributed by atoms with Crippen LogP contribution in [-0.2, 0) is 11.3 Å². The second kappa shape index (κ2) is 7.65. The Hall–Kier alpha value is -1.06. The zero-order chi connectivity index (χ0) is 14.4. The fraction of sp³-hybridized carbons (Fsp3) is 0.562. The van der Waals surface area contributed by atoms with E-state index in [9.17, 15) is 4.79 Å². The summed E-state index contributed by atoms with van der Waals surface area (Å²) in [4.78, 5) is 12.1. The van der Waals surface area contributed by atoms with Crippen LogP contribution in [0.4, 0.5) is 0 Å². The number of nitrogens with one attached hydrogen (secondary N) is 2. The first kappa shape index (κ1) is 15.3. The molecular formula is C16H23ClN2O. The Morgan fingerprint density at radius 2 is 2.00 bits per heavy atom. The van der Waals surface area contributed by atoms with Crippen molar-refractivity contribution in [3.8, 4) is 0 Å². The molecule has 2 N–H and O–H groups in total. The normalized spacial score (nSPS) is 17.7. The monoisotopic (exact) mass is 294 g/mol. The van der Waals surface area contributed by atoms with E-state index in [1.807, 2.05) is 31.2 Å². The van der Waals surface area contributed by atoms with Gasteiger partial charge >= 0.3 is 0 Å². The first-order valence-corrected chi connectivity index (χ1v) is 7.82. The highest BCUT2D eigenvalue weighted by molar-refractivity contribution is 6.31. The number of halogens is 1. The Kier molecular flexibility index (Phi) is 5.86. The van der Waals surface area contributed by atoms with E-state index < -0.39 is 0 Å². The molecule has 1 unspecified atom stereocenters. The van der Waals surface area contributed by atoms with Crippen molar-refractivity contribution in [2.75, 3.05) is 0 Å². The molecule has 0 heterocycles. The number of amides is 1. The van der Waals surface area contributed by atoms with Crippen LogP contribution in [0.2, 0.25) is 5.02 Å². The summed E-state index contributed by atoms with van der Waals surface area (Å²) in [5.74, 6) is 0.0870. The Morgan fingerprint density at radius 3 is 2.70 bits per heavy atom. The van der Waals surface area contributed by atoms with E-state index >= 15 is 0 Å². The summed E-state index contributed by atoms with van der Waals surface area (Å²) in [6.45, 7) is 2.51. The molecule has 1 atom stereocenters. The Balaban J connectivity index is 1.77. The van der Waals surface area contributed by atoms with Crippen LogP contribution < -0.4 is 10.6 Å². The molecule has 20 heavy (non-hydrogen) atoms. The van der Waals surface area contributed by atoms with E-state index in [2.05, 4.69) is 10.6 Å². The standard InChI is InChI=1S/C16H23ClN2O/c1-12(16(20)19-14-8-3-2-4-9-14)18-11-13-7-5-6-10-15(13)17/h5-7,10,12,14,18H,2-4,8-9,11H2,1H3,(H,19,20). The van der Waals surface area contributed by atoms with Gasteiger partial charge in [-0.25, -0.2) is 0 Å². The zero-order valence-corrected chi connectivity index (χ0v) is 12.7. The summed E-state index contributed by atoms with van der Waals surface area (Å²) < 4.78 is 0. The van der Waals surface area contributed by atoms with Crippen LogP contribution in [0.3, 0.4) is 0 Å². The van der Waals surface area contributed by atoms with Gasteiger partial charge in [0, 0.05) is 17.6 Å². The van der Waals surface area contributed by atoms with Crippen molar-refractivity contribution < 1.29 is 4.79 Å². The predicted molar refractivity (Wildman–Crippen MR) is 82.8 cm³/mol. The maximum atomic E-state index is 12.1. The van der Waals surface area contributed by atoms with E-state index in [-0.39, 0.29) is 11.9 Å². The quantitative estimate of drug-likeness (QED) is 0.875. The van der Waals surface area contributed by atoms with E-state index in [0.29, 0.717) is 12.6 Å². The molecule has 0 saturated heterocycles. The molecule has 0 bridgehead atoms. The number of hydrogen-bond donors (Lipinski definition) is 2. The Morgan fingerprint density at radius 1 is 1.30 bits per heavy atom. The van der Waals surface area contributed by atoms with Gasteiger partial charge in [0.25, 0.3) is 0 Å². The van der Waals surface area contributed by atoms with Gasteiger partial charge in [-0.1, -0.05) is 49.1 Å². The molecule has 0 spiro atoms. The summed E-state index contributed by atoms with van der Waals surface area (Å²) in [7, 11) is 0. The van der Waals surface area contributed by atoms with E-state index in [0.717, 1.165) is 23.4 Å². The molecule has 2 rings (SSSR count). The summed E-state index contributed by atoms with van der Waals surface area (Å²) in [5, 5.41) is 7.10. The number of carbonyl (C=O) groups is 1. The van der Waals surface area contributed by atoms with Gasteiger partial charge in [-0.05, 0) is 31.4 Å². The number of hydrogen-bond acceptors (Lipinski definition) is 2. The SMILES string of the molecule is CC(NCc1ccccc1Cl)C(=O)NC1CCCCC1. The van der Waals surface area contributed by atoms with Crippen molar-refractivity contribution in [1.82, 2.24) is 10.6 Å². The zero-order valence-electron chi connectivity index (χ0n) is 12.0. The fourth-order valence-corrected chi connectivity index (χ4v) is 2.77. The van der Waals surface area contributed by atoms with E-state index in [1.165, 1.54) is 19.3 Å². The minimum atomic E-state index is -0.201. The molecule has 1 aliphatic rings. The topological polar surface area (TPSA) is 41.1 Å². The van der Waals surface area contributed by atoms with Gasteiger partial charge in [-0.3, -0.25) is 4.79 Å². The van der Waals surface area contributed by atoms with Crippen molar-refractivity contribution in [2.24, 2.45) is 0 Å². The molecular weight excluding hydrogens is 272 g/mol. The maximum absolute atomic E-state index is 12.1. The lowest BCUT2D eigenvalue weighted by atomic mass is 9.95. The largest absolute Gasteiger partial charge is 0.352 e. The van der Waals surface area contributed by atoms with Crippen molar-refractivity contribution in [3.63, 3.8) is 0 Å². The summed E-state index contributed by atoms with van der Waals surface area (Å²) in [6, 6.07) is 7.86. The van der Waals surface area contributed by atoms with Crippen LogP contribution in [0.25, 0.3) is 0 Å². The second-order valence-electron chi connectivity index (χ2n) is 5.54. The first-order valence-electron chi connectivity index (χ1n) is 7.44. The molecule has 1 saturated carbocycles. The predicted octanol–water partition coefficient (Wildman–Crippen LogP) is 3.27. The summed E-state index contributed by atoms with van der Waals surface area (Å²) in [5.41, 5.74) is 1.02. The second-order valence-corrected chi connectivity index (χ2v) is 5.94. The number of rotatable bonds is 5. The molecule has 3 nitrogen and oxygen atoms in total. The number of benzene rings is 1. The van der Waals surface area contributed by atoms with Crippen LogP contribution in [0, 0.1) is 0 Å². The molecule has 1 aliphatic carbocycles. The van der Waals surface area contributed by atoms with Gasteiger partial charge in [0.2, 0.25) is 5.91 Å². The van der Waals surface area contributed by atoms with Crippen LogP contribution >= 0.6 is 11.6 Å². The molecule has 0 radical (unpaired) electrons. The van der Waals surface area contributed by atoms with Crippen LogP contribution in [-0.4, -0.2) is 18.0 Å². The van der Waals surface area contributed by atoms with Gasteiger partial charge in [-0.15, -0.1) is 0 Å². The summed E-state index contributed by atoms with van der Waals surface area (Å²) in [6.07, 6.45) is 5.98. The molecule has 1 aromatic rings. The van der Waals surface area contributed by atoms with Crippen molar-refractivity contribution in [3.05, 3.63) is 34.9 Å². The van der Waals surface area contributed by atoms with Crippen molar-refractivity contribution >= 4 is 17.5 Å². The highest BCUT2D eigenvalue weighted by Crippen LogP contribution is 2.17. The van der Waals surface area contributed by atoms with Gasteiger partial charge in [0.1, 0.15) is 0 Å². The van der Waals surface area contributed by atoms with Gasteiger partial charge in [0.05, 0.1) is 6.04 Å². The molecule has 1 fully saturated rings. The molecule has 1 aromatic carbocycles. The third-order valence-corrected chi connectivity index (χ3v) is 4.27. The third kappa shape index (κ3) is 4.50. The molecule has 0 aromatic heterocycles.